The van der Waals surface area contributed by atoms with Crippen LogP contribution in [0.4, 0.5) is 13.2 Å². The highest BCUT2D eigenvalue weighted by atomic mass is 19.4. The summed E-state index contributed by atoms with van der Waals surface area (Å²) >= 11 is 0. The molecule has 1 atom stereocenters. The first-order valence-corrected chi connectivity index (χ1v) is 5.41. The van der Waals surface area contributed by atoms with Gasteiger partial charge in [-0.1, -0.05) is 18.2 Å². The third-order valence-corrected chi connectivity index (χ3v) is 2.89. The number of hydrogen-bond acceptors (Lipinski definition) is 2. The van der Waals surface area contributed by atoms with Crippen molar-refractivity contribution in [3.8, 4) is 0 Å². The van der Waals surface area contributed by atoms with Crippen LogP contribution in [0.25, 0.3) is 0 Å². The smallest absolute Gasteiger partial charge is 0.313 e. The standard InChI is InChI=1S/C12H12F3NO/c13-12(14,15)10-4-2-1-3-9(10)11(17)7-8-5-6-16-8/h1-4,8,16H,5-7H2. The maximum absolute atomic E-state index is 12.7. The molecule has 1 saturated heterocycles. The van der Waals surface area contributed by atoms with E-state index < -0.39 is 17.5 Å². The van der Waals surface area contributed by atoms with Crippen molar-refractivity contribution in [2.24, 2.45) is 0 Å². The zero-order chi connectivity index (χ0) is 12.5. The summed E-state index contributed by atoms with van der Waals surface area (Å²) in [4.78, 5) is 11.8. The maximum Gasteiger partial charge on any atom is 0.417 e. The highest BCUT2D eigenvalue weighted by Crippen LogP contribution is 2.32. The normalized spacial score (nSPS) is 19.8. The molecule has 17 heavy (non-hydrogen) atoms. The molecule has 1 heterocycles. The van der Waals surface area contributed by atoms with Gasteiger partial charge in [-0.2, -0.15) is 13.2 Å². The summed E-state index contributed by atoms with van der Waals surface area (Å²) in [6, 6.07) is 4.96. The van der Waals surface area contributed by atoms with Crippen molar-refractivity contribution >= 4 is 5.78 Å². The molecule has 2 rings (SSSR count). The fourth-order valence-corrected chi connectivity index (χ4v) is 1.83. The van der Waals surface area contributed by atoms with Crippen LogP contribution in [0.3, 0.4) is 0 Å². The molecule has 5 heteroatoms. The number of ketones is 1. The van der Waals surface area contributed by atoms with Gasteiger partial charge in [0.25, 0.3) is 0 Å². The van der Waals surface area contributed by atoms with Gasteiger partial charge in [-0.25, -0.2) is 0 Å². The van der Waals surface area contributed by atoms with E-state index in [1.807, 2.05) is 0 Å². The summed E-state index contributed by atoms with van der Waals surface area (Å²) in [6.45, 7) is 0.832. The van der Waals surface area contributed by atoms with Crippen molar-refractivity contribution in [2.75, 3.05) is 6.54 Å². The third-order valence-electron chi connectivity index (χ3n) is 2.89. The lowest BCUT2D eigenvalue weighted by Gasteiger charge is -2.27. The summed E-state index contributed by atoms with van der Waals surface area (Å²) in [6.07, 6.45) is -3.49. The van der Waals surface area contributed by atoms with E-state index in [4.69, 9.17) is 0 Å². The molecule has 1 aliphatic rings. The Morgan fingerprint density at radius 2 is 2.00 bits per heavy atom. The molecule has 1 fully saturated rings. The molecule has 1 unspecified atom stereocenters. The van der Waals surface area contributed by atoms with Crippen LogP contribution in [0.5, 0.6) is 0 Å². The maximum atomic E-state index is 12.7. The van der Waals surface area contributed by atoms with Crippen LogP contribution in [0, 0.1) is 0 Å². The van der Waals surface area contributed by atoms with Crippen molar-refractivity contribution in [3.05, 3.63) is 35.4 Å². The molecule has 1 aromatic rings. The predicted molar refractivity (Wildman–Crippen MR) is 56.8 cm³/mol. The lowest BCUT2D eigenvalue weighted by Crippen LogP contribution is -2.44. The van der Waals surface area contributed by atoms with Gasteiger partial charge in [0.05, 0.1) is 5.56 Å². The average molecular weight is 243 g/mol. The monoisotopic (exact) mass is 243 g/mol. The highest BCUT2D eigenvalue weighted by molar-refractivity contribution is 5.98. The van der Waals surface area contributed by atoms with E-state index in [2.05, 4.69) is 5.32 Å². The third kappa shape index (κ3) is 2.66. The largest absolute Gasteiger partial charge is 0.417 e. The van der Waals surface area contributed by atoms with Crippen molar-refractivity contribution in [1.82, 2.24) is 5.32 Å². The Morgan fingerprint density at radius 3 is 2.53 bits per heavy atom. The van der Waals surface area contributed by atoms with Crippen LogP contribution < -0.4 is 5.32 Å². The zero-order valence-corrected chi connectivity index (χ0v) is 9.05. The van der Waals surface area contributed by atoms with E-state index in [1.165, 1.54) is 18.2 Å². The first kappa shape index (κ1) is 12.1. The van der Waals surface area contributed by atoms with Crippen LogP contribution in [-0.2, 0) is 6.18 Å². The second-order valence-corrected chi connectivity index (χ2v) is 4.11. The lowest BCUT2D eigenvalue weighted by atomic mass is 9.94. The van der Waals surface area contributed by atoms with Crippen LogP contribution in [0.1, 0.15) is 28.8 Å². The average Bonchev–Trinajstić information content (AvgIpc) is 2.22. The fraction of sp³-hybridized carbons (Fsp3) is 0.417. The molecular weight excluding hydrogens is 231 g/mol. The van der Waals surface area contributed by atoms with E-state index >= 15 is 0 Å². The van der Waals surface area contributed by atoms with Crippen LogP contribution in [-0.4, -0.2) is 18.4 Å². The van der Waals surface area contributed by atoms with Gasteiger partial charge in [0.2, 0.25) is 0 Å². The second-order valence-electron chi connectivity index (χ2n) is 4.11. The quantitative estimate of drug-likeness (QED) is 0.827. The molecule has 0 spiro atoms. The molecule has 0 amide bonds. The first-order chi connectivity index (χ1) is 7.98. The number of Topliss-reactive ketones (excluding diaryl/α,β-unsaturated/α-hetero) is 1. The first-order valence-electron chi connectivity index (χ1n) is 5.41. The minimum absolute atomic E-state index is 0.0313. The van der Waals surface area contributed by atoms with Gasteiger partial charge in [-0.05, 0) is 19.0 Å². The summed E-state index contributed by atoms with van der Waals surface area (Å²) in [5.41, 5.74) is -1.07. The predicted octanol–water partition coefficient (Wildman–Crippen LogP) is 2.64. The summed E-state index contributed by atoms with van der Waals surface area (Å²) < 4.78 is 38.0. The number of benzene rings is 1. The second kappa shape index (κ2) is 4.49. The van der Waals surface area contributed by atoms with Gasteiger partial charge < -0.3 is 5.32 Å². The molecule has 1 aliphatic heterocycles. The number of alkyl halides is 3. The van der Waals surface area contributed by atoms with Crippen molar-refractivity contribution in [1.29, 1.82) is 0 Å². The van der Waals surface area contributed by atoms with Gasteiger partial charge in [-0.15, -0.1) is 0 Å². The Kier molecular flexibility index (Phi) is 3.19. The SMILES string of the molecule is O=C(CC1CCN1)c1ccccc1C(F)(F)F. The van der Waals surface area contributed by atoms with E-state index in [9.17, 15) is 18.0 Å². The summed E-state index contributed by atoms with van der Waals surface area (Å²) in [5, 5.41) is 3.00. The van der Waals surface area contributed by atoms with Crippen LogP contribution >= 0.6 is 0 Å². The van der Waals surface area contributed by atoms with Gasteiger partial charge in [0, 0.05) is 18.0 Å². The summed E-state index contributed by atoms with van der Waals surface area (Å²) in [7, 11) is 0. The highest BCUT2D eigenvalue weighted by Gasteiger charge is 2.35. The Hall–Kier alpha value is -1.36. The Bertz CT molecular complexity index is 424. The molecule has 1 aromatic carbocycles. The van der Waals surface area contributed by atoms with Crippen molar-refractivity contribution in [2.45, 2.75) is 25.1 Å². The number of carbonyl (C=O) groups is 1. The van der Waals surface area contributed by atoms with Crippen molar-refractivity contribution in [3.63, 3.8) is 0 Å². The van der Waals surface area contributed by atoms with Gasteiger partial charge in [0.1, 0.15) is 0 Å². The van der Waals surface area contributed by atoms with Crippen LogP contribution in [0.15, 0.2) is 24.3 Å². The van der Waals surface area contributed by atoms with Crippen LogP contribution in [0.2, 0.25) is 0 Å². The molecule has 0 bridgehead atoms. The van der Waals surface area contributed by atoms with E-state index in [-0.39, 0.29) is 18.0 Å². The number of hydrogen-bond donors (Lipinski definition) is 1. The summed E-state index contributed by atoms with van der Waals surface area (Å²) in [5.74, 6) is -0.449. The minimum Gasteiger partial charge on any atom is -0.313 e. The number of rotatable bonds is 3. The molecule has 1 N–H and O–H groups in total. The van der Waals surface area contributed by atoms with Gasteiger partial charge in [0.15, 0.2) is 5.78 Å². The molecular formula is C12H12F3NO. The minimum atomic E-state index is -4.47. The van der Waals surface area contributed by atoms with Gasteiger partial charge in [-0.3, -0.25) is 4.79 Å². The molecule has 0 radical (unpaired) electrons. The molecule has 92 valence electrons. The Labute approximate surface area is 96.8 Å². The van der Waals surface area contributed by atoms with E-state index in [1.54, 1.807) is 0 Å². The number of halogens is 3. The number of carbonyl (C=O) groups excluding carboxylic acids is 1. The lowest BCUT2D eigenvalue weighted by molar-refractivity contribution is -0.137. The fourth-order valence-electron chi connectivity index (χ4n) is 1.83. The van der Waals surface area contributed by atoms with Gasteiger partial charge >= 0.3 is 6.18 Å². The molecule has 0 aliphatic carbocycles. The van der Waals surface area contributed by atoms with E-state index in [0.29, 0.717) is 0 Å². The zero-order valence-electron chi connectivity index (χ0n) is 9.05. The molecule has 0 saturated carbocycles. The Balaban J connectivity index is 2.21. The van der Waals surface area contributed by atoms with E-state index in [0.717, 1.165) is 19.0 Å². The van der Waals surface area contributed by atoms with Crippen molar-refractivity contribution < 1.29 is 18.0 Å². The topological polar surface area (TPSA) is 29.1 Å². The number of nitrogens with one attached hydrogen (secondary N) is 1. The molecule has 2 nitrogen and oxygen atoms in total. The molecule has 0 aromatic heterocycles. The Morgan fingerprint density at radius 1 is 1.35 bits per heavy atom.